The monoisotopic (exact) mass is 371 g/mol. The minimum Gasteiger partial charge on any atom is -0.367 e. The molecule has 1 heterocycles. The number of urea groups is 1. The van der Waals surface area contributed by atoms with Gasteiger partial charge in [-0.1, -0.05) is 54.1 Å². The minimum absolute atomic E-state index is 0.0318. The Balaban J connectivity index is 1.44. The number of benzene rings is 2. The van der Waals surface area contributed by atoms with Gasteiger partial charge < -0.3 is 15.1 Å². The number of nitrogens with one attached hydrogen (secondary N) is 1. The molecule has 5 heteroatoms. The summed E-state index contributed by atoms with van der Waals surface area (Å²) >= 11 is 6.28. The Morgan fingerprint density at radius 1 is 1.04 bits per heavy atom. The number of piperazine rings is 1. The van der Waals surface area contributed by atoms with Gasteiger partial charge >= 0.3 is 6.03 Å². The molecule has 0 aliphatic carbocycles. The van der Waals surface area contributed by atoms with Gasteiger partial charge in [-0.15, -0.1) is 0 Å². The highest BCUT2D eigenvalue weighted by Crippen LogP contribution is 2.26. The Morgan fingerprint density at radius 3 is 2.38 bits per heavy atom. The van der Waals surface area contributed by atoms with Crippen LogP contribution in [-0.2, 0) is 6.42 Å². The molecule has 1 aliphatic rings. The predicted octanol–water partition coefficient (Wildman–Crippen LogP) is 4.19. The largest absolute Gasteiger partial charge is 0.367 e. The van der Waals surface area contributed by atoms with Crippen molar-refractivity contribution in [1.82, 2.24) is 10.2 Å². The van der Waals surface area contributed by atoms with E-state index < -0.39 is 0 Å². The van der Waals surface area contributed by atoms with Crippen LogP contribution < -0.4 is 10.2 Å². The van der Waals surface area contributed by atoms with Crippen LogP contribution >= 0.6 is 11.6 Å². The summed E-state index contributed by atoms with van der Waals surface area (Å²) in [5.74, 6) is 0. The zero-order chi connectivity index (χ0) is 18.4. The number of rotatable bonds is 5. The van der Waals surface area contributed by atoms with Crippen LogP contribution in [0.3, 0.4) is 0 Å². The van der Waals surface area contributed by atoms with Crippen molar-refractivity contribution in [3.8, 4) is 0 Å². The standard InChI is InChI=1S/C21H26ClN3O/c1-17(11-12-18-7-3-2-4-8-18)23-21(26)25-15-13-24(14-16-25)20-10-6-5-9-19(20)22/h2-10,17H,11-16H2,1H3,(H,23,26). The highest BCUT2D eigenvalue weighted by atomic mass is 35.5. The number of hydrogen-bond donors (Lipinski definition) is 1. The lowest BCUT2D eigenvalue weighted by molar-refractivity contribution is 0.190. The van der Waals surface area contributed by atoms with Crippen molar-refractivity contribution >= 4 is 23.3 Å². The number of nitrogens with zero attached hydrogens (tertiary/aromatic N) is 2. The van der Waals surface area contributed by atoms with E-state index in [1.54, 1.807) is 0 Å². The second-order valence-corrected chi connectivity index (χ2v) is 7.21. The minimum atomic E-state index is 0.0318. The van der Waals surface area contributed by atoms with Gasteiger partial charge in [0.25, 0.3) is 0 Å². The van der Waals surface area contributed by atoms with Crippen molar-refractivity contribution in [3.05, 3.63) is 65.2 Å². The molecule has 1 unspecified atom stereocenters. The quantitative estimate of drug-likeness (QED) is 0.855. The van der Waals surface area contributed by atoms with Crippen molar-refractivity contribution in [2.24, 2.45) is 0 Å². The first-order chi connectivity index (χ1) is 12.6. The van der Waals surface area contributed by atoms with Crippen LogP contribution in [0.5, 0.6) is 0 Å². The van der Waals surface area contributed by atoms with Crippen molar-refractivity contribution in [2.45, 2.75) is 25.8 Å². The fourth-order valence-electron chi connectivity index (χ4n) is 3.26. The molecule has 1 fully saturated rings. The maximum atomic E-state index is 12.5. The molecule has 1 atom stereocenters. The smallest absolute Gasteiger partial charge is 0.317 e. The first kappa shape index (κ1) is 18.6. The fourth-order valence-corrected chi connectivity index (χ4v) is 3.52. The second kappa shape index (κ2) is 8.95. The maximum Gasteiger partial charge on any atom is 0.317 e. The van der Waals surface area contributed by atoms with E-state index in [1.165, 1.54) is 5.56 Å². The van der Waals surface area contributed by atoms with Crippen LogP contribution in [-0.4, -0.2) is 43.2 Å². The van der Waals surface area contributed by atoms with E-state index in [0.717, 1.165) is 36.6 Å². The molecule has 0 radical (unpaired) electrons. The Labute approximate surface area is 160 Å². The van der Waals surface area contributed by atoms with E-state index in [1.807, 2.05) is 35.2 Å². The van der Waals surface area contributed by atoms with Gasteiger partial charge in [-0.25, -0.2) is 4.79 Å². The van der Waals surface area contributed by atoms with E-state index in [0.29, 0.717) is 13.1 Å². The summed E-state index contributed by atoms with van der Waals surface area (Å²) in [5.41, 5.74) is 2.35. The molecule has 0 bridgehead atoms. The normalized spacial score (nSPS) is 15.6. The number of anilines is 1. The molecule has 138 valence electrons. The van der Waals surface area contributed by atoms with Gasteiger partial charge in [0.05, 0.1) is 10.7 Å². The lowest BCUT2D eigenvalue weighted by Crippen LogP contribution is -2.53. The van der Waals surface area contributed by atoms with Crippen LogP contribution in [0.4, 0.5) is 10.5 Å². The third-order valence-electron chi connectivity index (χ3n) is 4.84. The molecular formula is C21H26ClN3O. The number of carbonyl (C=O) groups is 1. The zero-order valence-corrected chi connectivity index (χ0v) is 16.0. The number of amides is 2. The summed E-state index contributed by atoms with van der Waals surface area (Å²) in [6, 6.07) is 18.4. The summed E-state index contributed by atoms with van der Waals surface area (Å²) in [5, 5.41) is 3.89. The third-order valence-corrected chi connectivity index (χ3v) is 5.16. The highest BCUT2D eigenvalue weighted by Gasteiger charge is 2.23. The molecule has 0 aromatic heterocycles. The van der Waals surface area contributed by atoms with Crippen molar-refractivity contribution < 1.29 is 4.79 Å². The van der Waals surface area contributed by atoms with Gasteiger partial charge in [-0.05, 0) is 37.5 Å². The van der Waals surface area contributed by atoms with Crippen molar-refractivity contribution in [1.29, 1.82) is 0 Å². The molecule has 2 aromatic rings. The summed E-state index contributed by atoms with van der Waals surface area (Å²) in [4.78, 5) is 16.6. The molecule has 0 spiro atoms. The van der Waals surface area contributed by atoms with E-state index in [4.69, 9.17) is 11.6 Å². The number of hydrogen-bond acceptors (Lipinski definition) is 2. The van der Waals surface area contributed by atoms with Crippen LogP contribution in [0.15, 0.2) is 54.6 Å². The first-order valence-corrected chi connectivity index (χ1v) is 9.60. The van der Waals surface area contributed by atoms with Crippen molar-refractivity contribution in [2.75, 3.05) is 31.1 Å². The zero-order valence-electron chi connectivity index (χ0n) is 15.2. The first-order valence-electron chi connectivity index (χ1n) is 9.22. The molecule has 1 aliphatic heterocycles. The topological polar surface area (TPSA) is 35.6 Å². The number of aryl methyl sites for hydroxylation is 1. The third kappa shape index (κ3) is 4.92. The van der Waals surface area contributed by atoms with Crippen LogP contribution in [0.2, 0.25) is 5.02 Å². The summed E-state index contributed by atoms with van der Waals surface area (Å²) in [6.07, 6.45) is 1.91. The molecule has 26 heavy (non-hydrogen) atoms. The predicted molar refractivity (Wildman–Crippen MR) is 108 cm³/mol. The summed E-state index contributed by atoms with van der Waals surface area (Å²) < 4.78 is 0. The highest BCUT2D eigenvalue weighted by molar-refractivity contribution is 6.33. The molecule has 2 amide bonds. The molecule has 2 aromatic carbocycles. The molecule has 0 saturated carbocycles. The van der Waals surface area contributed by atoms with Crippen LogP contribution in [0, 0.1) is 0 Å². The number of para-hydroxylation sites is 1. The number of halogens is 1. The van der Waals surface area contributed by atoms with E-state index >= 15 is 0 Å². The Hall–Kier alpha value is -2.20. The summed E-state index contributed by atoms with van der Waals surface area (Å²) in [7, 11) is 0. The Bertz CT molecular complexity index is 714. The van der Waals surface area contributed by atoms with Crippen LogP contribution in [0.25, 0.3) is 0 Å². The lowest BCUT2D eigenvalue weighted by Gasteiger charge is -2.36. The lowest BCUT2D eigenvalue weighted by atomic mass is 10.1. The van der Waals surface area contributed by atoms with E-state index in [-0.39, 0.29) is 12.1 Å². The molecular weight excluding hydrogens is 346 g/mol. The summed E-state index contributed by atoms with van der Waals surface area (Å²) in [6.45, 7) is 5.09. The SMILES string of the molecule is CC(CCc1ccccc1)NC(=O)N1CCN(c2ccccc2Cl)CC1. The number of carbonyl (C=O) groups excluding carboxylic acids is 1. The van der Waals surface area contributed by atoms with Crippen LogP contribution in [0.1, 0.15) is 18.9 Å². The van der Waals surface area contributed by atoms with E-state index in [9.17, 15) is 4.79 Å². The Morgan fingerprint density at radius 2 is 1.69 bits per heavy atom. The van der Waals surface area contributed by atoms with Gasteiger partial charge in [-0.2, -0.15) is 0 Å². The maximum absolute atomic E-state index is 12.5. The van der Waals surface area contributed by atoms with E-state index in [2.05, 4.69) is 41.4 Å². The molecule has 1 N–H and O–H groups in total. The van der Waals surface area contributed by atoms with Gasteiger partial charge in [0.15, 0.2) is 0 Å². The van der Waals surface area contributed by atoms with Gasteiger partial charge in [0, 0.05) is 32.2 Å². The Kier molecular flexibility index (Phi) is 6.40. The van der Waals surface area contributed by atoms with Gasteiger partial charge in [-0.3, -0.25) is 0 Å². The van der Waals surface area contributed by atoms with Gasteiger partial charge in [0.1, 0.15) is 0 Å². The molecule has 1 saturated heterocycles. The fraction of sp³-hybridized carbons (Fsp3) is 0.381. The second-order valence-electron chi connectivity index (χ2n) is 6.80. The molecule has 4 nitrogen and oxygen atoms in total. The van der Waals surface area contributed by atoms with Gasteiger partial charge in [0.2, 0.25) is 0 Å². The molecule has 3 rings (SSSR count). The average Bonchev–Trinajstić information content (AvgIpc) is 2.68. The van der Waals surface area contributed by atoms with Crippen molar-refractivity contribution in [3.63, 3.8) is 0 Å². The average molecular weight is 372 g/mol.